The first-order chi connectivity index (χ1) is 10.2. The number of carbonyl (C=O) groups excluding carboxylic acids is 1. The summed E-state index contributed by atoms with van der Waals surface area (Å²) in [7, 11) is 0. The van der Waals surface area contributed by atoms with Gasteiger partial charge in [-0.2, -0.15) is 0 Å². The van der Waals surface area contributed by atoms with E-state index in [0.717, 1.165) is 17.7 Å². The lowest BCUT2D eigenvalue weighted by atomic mass is 9.94. The number of nitrogens with one attached hydrogen (secondary N) is 1. The van der Waals surface area contributed by atoms with E-state index in [1.807, 2.05) is 13.0 Å². The number of benzene rings is 1. The number of ketones is 1. The van der Waals surface area contributed by atoms with E-state index in [9.17, 15) is 4.79 Å². The first-order valence-electron chi connectivity index (χ1n) is 8.67. The topological polar surface area (TPSA) is 29.1 Å². The van der Waals surface area contributed by atoms with Crippen LogP contribution in [0.3, 0.4) is 0 Å². The van der Waals surface area contributed by atoms with Gasteiger partial charge in [0.05, 0.1) is 0 Å². The molecule has 2 heteroatoms. The molecule has 2 nitrogen and oxygen atoms in total. The van der Waals surface area contributed by atoms with Gasteiger partial charge in [-0.25, -0.2) is 0 Å². The second-order valence-electron chi connectivity index (χ2n) is 6.24. The van der Waals surface area contributed by atoms with Crippen LogP contribution in [0.2, 0.25) is 0 Å². The molecule has 0 saturated heterocycles. The lowest BCUT2D eigenvalue weighted by Crippen LogP contribution is -2.23. The van der Waals surface area contributed by atoms with Gasteiger partial charge < -0.3 is 5.32 Å². The maximum atomic E-state index is 12.2. The highest BCUT2D eigenvalue weighted by Gasteiger charge is 2.17. The molecule has 21 heavy (non-hydrogen) atoms. The molecule has 2 rings (SSSR count). The van der Waals surface area contributed by atoms with Crippen molar-refractivity contribution in [1.29, 1.82) is 0 Å². The Hall–Kier alpha value is -1.31. The van der Waals surface area contributed by atoms with Crippen LogP contribution < -0.4 is 5.32 Å². The van der Waals surface area contributed by atoms with Crippen LogP contribution in [0.25, 0.3) is 0 Å². The Kier molecular flexibility index (Phi) is 6.28. The lowest BCUT2D eigenvalue weighted by Gasteiger charge is -2.25. The Balaban J connectivity index is 2.17. The molecule has 0 aliphatic heterocycles. The molecular weight excluding hydrogens is 258 g/mol. The van der Waals surface area contributed by atoms with Crippen molar-refractivity contribution in [2.24, 2.45) is 0 Å². The van der Waals surface area contributed by atoms with Crippen molar-refractivity contribution in [3.63, 3.8) is 0 Å². The Labute approximate surface area is 129 Å². The first-order valence-corrected chi connectivity index (χ1v) is 8.67. The fourth-order valence-corrected chi connectivity index (χ4v) is 3.15. The van der Waals surface area contributed by atoms with Crippen LogP contribution in [0.4, 0.5) is 5.69 Å². The summed E-state index contributed by atoms with van der Waals surface area (Å²) in [6.45, 7) is 4.16. The molecule has 0 amide bonds. The van der Waals surface area contributed by atoms with Gasteiger partial charge >= 0.3 is 0 Å². The number of unbranched alkanes of at least 4 members (excludes halogenated alkanes) is 1. The van der Waals surface area contributed by atoms with Crippen molar-refractivity contribution in [2.75, 3.05) is 5.32 Å². The van der Waals surface area contributed by atoms with E-state index in [-0.39, 0.29) is 5.78 Å². The molecule has 1 aromatic carbocycles. The van der Waals surface area contributed by atoms with Crippen LogP contribution in [0.5, 0.6) is 0 Å². The number of anilines is 1. The van der Waals surface area contributed by atoms with Crippen molar-refractivity contribution in [2.45, 2.75) is 77.7 Å². The van der Waals surface area contributed by atoms with Crippen molar-refractivity contribution in [1.82, 2.24) is 0 Å². The van der Waals surface area contributed by atoms with Crippen LogP contribution in [0.15, 0.2) is 18.2 Å². The average molecular weight is 287 g/mol. The molecule has 0 bridgehead atoms. The molecule has 1 aliphatic rings. The predicted molar refractivity (Wildman–Crippen MR) is 90.2 cm³/mol. The van der Waals surface area contributed by atoms with E-state index in [2.05, 4.69) is 24.4 Å². The highest BCUT2D eigenvalue weighted by Crippen LogP contribution is 2.26. The van der Waals surface area contributed by atoms with E-state index < -0.39 is 0 Å². The number of carbonyl (C=O) groups is 1. The van der Waals surface area contributed by atoms with Gasteiger partial charge in [0.2, 0.25) is 0 Å². The Morgan fingerprint density at radius 3 is 2.62 bits per heavy atom. The second-order valence-corrected chi connectivity index (χ2v) is 6.24. The van der Waals surface area contributed by atoms with Crippen LogP contribution in [0.1, 0.15) is 81.1 Å². The van der Waals surface area contributed by atoms with Gasteiger partial charge in [0.1, 0.15) is 0 Å². The number of Topliss-reactive ketones (excluding diaryl/α,β-unsaturated/α-hetero) is 1. The van der Waals surface area contributed by atoms with Crippen LogP contribution in [-0.4, -0.2) is 11.8 Å². The normalized spacial score (nSPS) is 15.9. The maximum Gasteiger partial charge on any atom is 0.164 e. The number of hydrogen-bond acceptors (Lipinski definition) is 2. The number of rotatable bonds is 7. The van der Waals surface area contributed by atoms with E-state index >= 15 is 0 Å². The molecular formula is C19H29NO. The number of aryl methyl sites for hydroxylation is 1. The highest BCUT2D eigenvalue weighted by atomic mass is 16.1. The molecule has 0 aromatic heterocycles. The minimum Gasteiger partial charge on any atom is -0.382 e. The van der Waals surface area contributed by atoms with Gasteiger partial charge in [-0.1, -0.05) is 45.6 Å². The molecule has 1 aromatic rings. The maximum absolute atomic E-state index is 12.2. The summed E-state index contributed by atoms with van der Waals surface area (Å²) in [6.07, 6.45) is 10.6. The Bertz CT molecular complexity index is 461. The summed E-state index contributed by atoms with van der Waals surface area (Å²) >= 11 is 0. The zero-order chi connectivity index (χ0) is 15.1. The molecule has 1 saturated carbocycles. The predicted octanol–water partition coefficient (Wildman–Crippen LogP) is 5.37. The van der Waals surface area contributed by atoms with E-state index in [0.29, 0.717) is 12.5 Å². The smallest absolute Gasteiger partial charge is 0.164 e. The SMILES string of the molecule is CCCCc1ccc(C(=O)CC)c(NC2CCCCC2)c1. The third kappa shape index (κ3) is 4.59. The zero-order valence-corrected chi connectivity index (χ0v) is 13.6. The lowest BCUT2D eigenvalue weighted by molar-refractivity contribution is 0.0989. The van der Waals surface area contributed by atoms with Crippen molar-refractivity contribution in [3.8, 4) is 0 Å². The molecule has 0 radical (unpaired) electrons. The molecule has 1 N–H and O–H groups in total. The summed E-state index contributed by atoms with van der Waals surface area (Å²) in [5.41, 5.74) is 3.30. The molecule has 0 unspecified atom stereocenters. The zero-order valence-electron chi connectivity index (χ0n) is 13.6. The summed E-state index contributed by atoms with van der Waals surface area (Å²) in [5.74, 6) is 0.246. The van der Waals surface area contributed by atoms with Gasteiger partial charge in [0.25, 0.3) is 0 Å². The fourth-order valence-electron chi connectivity index (χ4n) is 3.15. The fraction of sp³-hybridized carbons (Fsp3) is 0.632. The third-order valence-corrected chi connectivity index (χ3v) is 4.49. The number of hydrogen-bond donors (Lipinski definition) is 1. The quantitative estimate of drug-likeness (QED) is 0.683. The van der Waals surface area contributed by atoms with Crippen LogP contribution in [0, 0.1) is 0 Å². The standard InChI is InChI=1S/C19H29NO/c1-3-5-9-15-12-13-17(19(21)4-2)18(14-15)20-16-10-7-6-8-11-16/h12-14,16,20H,3-11H2,1-2H3. The molecule has 1 fully saturated rings. The molecule has 0 spiro atoms. The van der Waals surface area contributed by atoms with Gasteiger partial charge in [0.15, 0.2) is 5.78 Å². The second kappa shape index (κ2) is 8.21. The minimum atomic E-state index is 0.246. The Morgan fingerprint density at radius 1 is 1.19 bits per heavy atom. The first kappa shape index (κ1) is 16.1. The van der Waals surface area contributed by atoms with Gasteiger partial charge in [-0.3, -0.25) is 4.79 Å². The van der Waals surface area contributed by atoms with Crippen LogP contribution >= 0.6 is 0 Å². The summed E-state index contributed by atoms with van der Waals surface area (Å²) < 4.78 is 0. The van der Waals surface area contributed by atoms with Gasteiger partial charge in [-0.15, -0.1) is 0 Å². The molecule has 0 heterocycles. The summed E-state index contributed by atoms with van der Waals surface area (Å²) in [6, 6.07) is 6.92. The van der Waals surface area contributed by atoms with Crippen molar-refractivity contribution in [3.05, 3.63) is 29.3 Å². The highest BCUT2D eigenvalue weighted by molar-refractivity contribution is 6.01. The largest absolute Gasteiger partial charge is 0.382 e. The average Bonchev–Trinajstić information content (AvgIpc) is 2.53. The molecule has 0 atom stereocenters. The van der Waals surface area contributed by atoms with Gasteiger partial charge in [0, 0.05) is 23.7 Å². The van der Waals surface area contributed by atoms with E-state index in [1.54, 1.807) is 0 Å². The third-order valence-electron chi connectivity index (χ3n) is 4.49. The monoisotopic (exact) mass is 287 g/mol. The summed E-state index contributed by atoms with van der Waals surface area (Å²) in [5, 5.41) is 3.66. The van der Waals surface area contributed by atoms with Crippen molar-refractivity contribution >= 4 is 11.5 Å². The van der Waals surface area contributed by atoms with E-state index in [4.69, 9.17) is 0 Å². The Morgan fingerprint density at radius 2 is 1.95 bits per heavy atom. The molecule has 1 aliphatic carbocycles. The minimum absolute atomic E-state index is 0.246. The molecule has 116 valence electrons. The summed E-state index contributed by atoms with van der Waals surface area (Å²) in [4.78, 5) is 12.2. The van der Waals surface area contributed by atoms with Crippen LogP contribution in [-0.2, 0) is 6.42 Å². The van der Waals surface area contributed by atoms with Crippen molar-refractivity contribution < 1.29 is 4.79 Å². The van der Waals surface area contributed by atoms with E-state index in [1.165, 1.54) is 50.5 Å². The van der Waals surface area contributed by atoms with Gasteiger partial charge in [-0.05, 0) is 43.4 Å².